The number of carboxylic acid groups (broad SMARTS) is 1. The Bertz CT molecular complexity index is 490. The molecule has 1 fully saturated rings. The van der Waals surface area contributed by atoms with Gasteiger partial charge in [0.1, 0.15) is 0 Å². The summed E-state index contributed by atoms with van der Waals surface area (Å²) in [6.07, 6.45) is 3.42. The van der Waals surface area contributed by atoms with Crippen LogP contribution in [0, 0.1) is 5.92 Å². The van der Waals surface area contributed by atoms with Crippen molar-refractivity contribution in [3.63, 3.8) is 0 Å². The Morgan fingerprint density at radius 2 is 2.05 bits per heavy atom. The van der Waals surface area contributed by atoms with E-state index in [-0.39, 0.29) is 11.8 Å². The average molecular weight is 304 g/mol. The molecule has 5 heteroatoms. The van der Waals surface area contributed by atoms with Crippen LogP contribution in [0.5, 0.6) is 0 Å². The van der Waals surface area contributed by atoms with Gasteiger partial charge in [-0.3, -0.25) is 14.5 Å². The fourth-order valence-corrected chi connectivity index (χ4v) is 2.82. The zero-order chi connectivity index (χ0) is 15.8. The first-order valence-corrected chi connectivity index (χ1v) is 7.91. The third kappa shape index (κ3) is 5.48. The van der Waals surface area contributed by atoms with Gasteiger partial charge in [-0.15, -0.1) is 0 Å². The number of benzene rings is 1. The van der Waals surface area contributed by atoms with Crippen molar-refractivity contribution >= 4 is 11.9 Å². The first-order valence-electron chi connectivity index (χ1n) is 7.91. The van der Waals surface area contributed by atoms with E-state index >= 15 is 0 Å². The van der Waals surface area contributed by atoms with Crippen LogP contribution in [0.1, 0.15) is 24.8 Å². The summed E-state index contributed by atoms with van der Waals surface area (Å²) >= 11 is 0. The van der Waals surface area contributed by atoms with Crippen molar-refractivity contribution in [1.82, 2.24) is 10.2 Å². The molecule has 1 saturated heterocycles. The van der Waals surface area contributed by atoms with Crippen molar-refractivity contribution in [2.75, 3.05) is 26.2 Å². The molecule has 0 saturated carbocycles. The molecule has 22 heavy (non-hydrogen) atoms. The maximum atomic E-state index is 11.9. The number of aryl methyl sites for hydroxylation is 1. The number of aliphatic carboxylic acids is 1. The van der Waals surface area contributed by atoms with E-state index in [1.165, 1.54) is 5.56 Å². The van der Waals surface area contributed by atoms with Gasteiger partial charge in [0.25, 0.3) is 0 Å². The van der Waals surface area contributed by atoms with Gasteiger partial charge < -0.3 is 10.4 Å². The highest BCUT2D eigenvalue weighted by Crippen LogP contribution is 2.16. The molecule has 0 spiro atoms. The number of rotatable bonds is 7. The third-order valence-corrected chi connectivity index (χ3v) is 4.03. The molecule has 1 heterocycles. The van der Waals surface area contributed by atoms with Gasteiger partial charge in [-0.2, -0.15) is 0 Å². The van der Waals surface area contributed by atoms with Crippen molar-refractivity contribution in [3.8, 4) is 0 Å². The van der Waals surface area contributed by atoms with Crippen molar-refractivity contribution in [2.24, 2.45) is 5.92 Å². The minimum absolute atomic E-state index is 0.0147. The molecule has 1 aliphatic rings. The van der Waals surface area contributed by atoms with Crippen LogP contribution in [0.3, 0.4) is 0 Å². The molecule has 0 bridgehead atoms. The van der Waals surface area contributed by atoms with Gasteiger partial charge in [-0.05, 0) is 37.8 Å². The largest absolute Gasteiger partial charge is 0.481 e. The minimum Gasteiger partial charge on any atom is -0.481 e. The summed E-state index contributed by atoms with van der Waals surface area (Å²) in [5.41, 5.74) is 1.28. The van der Waals surface area contributed by atoms with E-state index in [4.69, 9.17) is 5.11 Å². The first kappa shape index (κ1) is 16.5. The Morgan fingerprint density at radius 3 is 2.77 bits per heavy atom. The summed E-state index contributed by atoms with van der Waals surface area (Å²) in [6.45, 7) is 2.24. The number of nitrogens with one attached hydrogen (secondary N) is 1. The lowest BCUT2D eigenvalue weighted by Crippen LogP contribution is -2.44. The highest BCUT2D eigenvalue weighted by Gasteiger charge is 2.26. The second kappa shape index (κ2) is 8.54. The lowest BCUT2D eigenvalue weighted by Gasteiger charge is -2.29. The molecule has 0 aliphatic carbocycles. The zero-order valence-electron chi connectivity index (χ0n) is 12.8. The predicted molar refractivity (Wildman–Crippen MR) is 84.6 cm³/mol. The molecule has 2 rings (SSSR count). The summed E-state index contributed by atoms with van der Waals surface area (Å²) < 4.78 is 0. The number of hydrogen-bond acceptors (Lipinski definition) is 3. The number of carbonyl (C=O) groups is 2. The smallest absolute Gasteiger partial charge is 0.307 e. The second-order valence-electron chi connectivity index (χ2n) is 5.85. The molecule has 120 valence electrons. The molecular formula is C17H24N2O3. The van der Waals surface area contributed by atoms with Crippen molar-refractivity contribution in [1.29, 1.82) is 0 Å². The van der Waals surface area contributed by atoms with Gasteiger partial charge in [0.2, 0.25) is 5.91 Å². The lowest BCUT2D eigenvalue weighted by atomic mass is 9.98. The van der Waals surface area contributed by atoms with Crippen LogP contribution >= 0.6 is 0 Å². The van der Waals surface area contributed by atoms with E-state index in [0.29, 0.717) is 26.1 Å². The lowest BCUT2D eigenvalue weighted by molar-refractivity contribution is -0.144. The van der Waals surface area contributed by atoms with Crippen LogP contribution in [-0.4, -0.2) is 48.1 Å². The molecule has 2 N–H and O–H groups in total. The SMILES string of the molecule is O=C(CN1CCCC(C(=O)O)C1)NCCCc1ccccc1. The molecule has 1 atom stereocenters. The number of amides is 1. The molecule has 5 nitrogen and oxygen atoms in total. The molecular weight excluding hydrogens is 280 g/mol. The van der Waals surface area contributed by atoms with Gasteiger partial charge >= 0.3 is 5.97 Å². The molecule has 1 unspecified atom stereocenters. The van der Waals surface area contributed by atoms with E-state index in [9.17, 15) is 9.59 Å². The highest BCUT2D eigenvalue weighted by molar-refractivity contribution is 5.78. The third-order valence-electron chi connectivity index (χ3n) is 4.03. The average Bonchev–Trinajstić information content (AvgIpc) is 2.53. The Balaban J connectivity index is 1.62. The summed E-state index contributed by atoms with van der Waals surface area (Å²) in [5, 5.41) is 12.0. The van der Waals surface area contributed by atoms with E-state index in [1.807, 2.05) is 23.1 Å². The quantitative estimate of drug-likeness (QED) is 0.750. The molecule has 1 amide bonds. The van der Waals surface area contributed by atoms with Gasteiger partial charge in [-0.25, -0.2) is 0 Å². The van der Waals surface area contributed by atoms with E-state index in [0.717, 1.165) is 25.8 Å². The van der Waals surface area contributed by atoms with Crippen LogP contribution in [0.2, 0.25) is 0 Å². The maximum Gasteiger partial charge on any atom is 0.307 e. The van der Waals surface area contributed by atoms with Crippen LogP contribution in [0.4, 0.5) is 0 Å². The number of carbonyl (C=O) groups excluding carboxylic acids is 1. The normalized spacial score (nSPS) is 18.8. The van der Waals surface area contributed by atoms with Crippen LogP contribution in [-0.2, 0) is 16.0 Å². The summed E-state index contributed by atoms with van der Waals surface area (Å²) in [4.78, 5) is 24.8. The summed E-state index contributed by atoms with van der Waals surface area (Å²) in [6, 6.07) is 10.2. The number of nitrogens with zero attached hydrogens (tertiary/aromatic N) is 1. The first-order chi connectivity index (χ1) is 10.6. The maximum absolute atomic E-state index is 11.9. The molecule has 1 aromatic rings. The van der Waals surface area contributed by atoms with Crippen molar-refractivity contribution in [2.45, 2.75) is 25.7 Å². The van der Waals surface area contributed by atoms with Crippen LogP contribution in [0.25, 0.3) is 0 Å². The van der Waals surface area contributed by atoms with Crippen LogP contribution in [0.15, 0.2) is 30.3 Å². The minimum atomic E-state index is -0.757. The summed E-state index contributed by atoms with van der Waals surface area (Å²) in [5.74, 6) is -1.10. The fraction of sp³-hybridized carbons (Fsp3) is 0.529. The Labute approximate surface area is 131 Å². The standard InChI is InChI=1S/C17H24N2O3/c20-16(13-19-11-5-9-15(12-19)17(21)22)18-10-4-8-14-6-2-1-3-7-14/h1-3,6-7,15H,4-5,8-13H2,(H,18,20)(H,21,22). The number of piperidine rings is 1. The van der Waals surface area contributed by atoms with Crippen molar-refractivity contribution < 1.29 is 14.7 Å². The molecule has 1 aromatic carbocycles. The Morgan fingerprint density at radius 1 is 1.27 bits per heavy atom. The monoisotopic (exact) mass is 304 g/mol. The number of carboxylic acids is 1. The highest BCUT2D eigenvalue weighted by atomic mass is 16.4. The van der Waals surface area contributed by atoms with Gasteiger partial charge in [0.05, 0.1) is 12.5 Å². The van der Waals surface area contributed by atoms with Gasteiger partial charge in [0.15, 0.2) is 0 Å². The number of hydrogen-bond donors (Lipinski definition) is 2. The fourth-order valence-electron chi connectivity index (χ4n) is 2.82. The number of likely N-dealkylation sites (tertiary alicyclic amines) is 1. The summed E-state index contributed by atoms with van der Waals surface area (Å²) in [7, 11) is 0. The van der Waals surface area contributed by atoms with Crippen molar-refractivity contribution in [3.05, 3.63) is 35.9 Å². The van der Waals surface area contributed by atoms with E-state index in [2.05, 4.69) is 17.4 Å². The van der Waals surface area contributed by atoms with E-state index < -0.39 is 5.97 Å². The topological polar surface area (TPSA) is 69.6 Å². The second-order valence-corrected chi connectivity index (χ2v) is 5.85. The molecule has 1 aliphatic heterocycles. The predicted octanol–water partition coefficient (Wildman–Crippen LogP) is 1.53. The Kier molecular flexibility index (Phi) is 6.40. The van der Waals surface area contributed by atoms with Gasteiger partial charge in [0, 0.05) is 13.1 Å². The zero-order valence-corrected chi connectivity index (χ0v) is 12.8. The van der Waals surface area contributed by atoms with E-state index in [1.54, 1.807) is 0 Å². The molecule has 0 aromatic heterocycles. The Hall–Kier alpha value is -1.88. The van der Waals surface area contributed by atoms with Gasteiger partial charge in [-0.1, -0.05) is 30.3 Å². The van der Waals surface area contributed by atoms with Crippen LogP contribution < -0.4 is 5.32 Å². The molecule has 0 radical (unpaired) electrons.